The number of benzene rings is 1. The normalized spacial score (nSPS) is 21.6. The molecule has 0 spiro atoms. The van der Waals surface area contributed by atoms with Crippen LogP contribution in [-0.2, 0) is 0 Å². The van der Waals surface area contributed by atoms with Crippen molar-refractivity contribution in [1.82, 2.24) is 10.6 Å². The second-order valence-electron chi connectivity index (χ2n) is 5.35. The van der Waals surface area contributed by atoms with Gasteiger partial charge in [-0.15, -0.1) is 0 Å². The third kappa shape index (κ3) is 5.29. The largest absolute Gasteiger partial charge is 0.359 e. The number of halogens is 1. The number of hydrogen-bond donors (Lipinski definition) is 2. The summed E-state index contributed by atoms with van der Waals surface area (Å²) in [6.07, 6.45) is 4.53. The molecule has 22 heavy (non-hydrogen) atoms. The molecule has 0 aromatic heterocycles. The second kappa shape index (κ2) is 9.86. The van der Waals surface area contributed by atoms with Crippen LogP contribution in [0.5, 0.6) is 0 Å². The van der Waals surface area contributed by atoms with Gasteiger partial charge in [0.2, 0.25) is 0 Å². The van der Waals surface area contributed by atoms with Gasteiger partial charge in [0.1, 0.15) is 0 Å². The molecule has 1 aliphatic rings. The highest BCUT2D eigenvalue weighted by Gasteiger charge is 2.23. The molecular weight excluding hydrogens is 336 g/mol. The topological polar surface area (TPSA) is 24.1 Å². The first-order valence-corrected chi connectivity index (χ1v) is 9.02. The highest BCUT2D eigenvalue weighted by molar-refractivity contribution is 9.10. The van der Waals surface area contributed by atoms with Crippen LogP contribution in [0.15, 0.2) is 47.1 Å². The minimum Gasteiger partial charge on any atom is -0.359 e. The van der Waals surface area contributed by atoms with E-state index in [-0.39, 0.29) is 0 Å². The number of allylic oxidation sites excluding steroid dienone is 1. The molecule has 0 bridgehead atoms. The van der Waals surface area contributed by atoms with Crippen molar-refractivity contribution in [3.8, 4) is 0 Å². The van der Waals surface area contributed by atoms with Gasteiger partial charge in [0, 0.05) is 27.8 Å². The van der Waals surface area contributed by atoms with Crippen LogP contribution in [0.3, 0.4) is 0 Å². The van der Waals surface area contributed by atoms with Gasteiger partial charge >= 0.3 is 0 Å². The van der Waals surface area contributed by atoms with Crippen LogP contribution in [0, 0.1) is 5.92 Å². The minimum absolute atomic E-state index is 0.492. The van der Waals surface area contributed by atoms with Gasteiger partial charge < -0.3 is 10.6 Å². The average molecular weight is 365 g/mol. The lowest BCUT2D eigenvalue weighted by Crippen LogP contribution is -2.41. The Balaban J connectivity index is 0.00000116. The van der Waals surface area contributed by atoms with Crippen molar-refractivity contribution in [2.24, 2.45) is 5.92 Å². The zero-order valence-electron chi connectivity index (χ0n) is 14.2. The number of nitrogens with one attached hydrogen (secondary N) is 2. The van der Waals surface area contributed by atoms with E-state index in [4.69, 9.17) is 0 Å². The van der Waals surface area contributed by atoms with Gasteiger partial charge in [-0.1, -0.05) is 54.6 Å². The molecule has 1 aromatic rings. The maximum Gasteiger partial charge on any atom is 0.0412 e. The molecule has 0 amide bonds. The Hall–Kier alpha value is -1.06. The molecule has 3 heteroatoms. The van der Waals surface area contributed by atoms with Crippen molar-refractivity contribution in [2.45, 2.75) is 46.6 Å². The summed E-state index contributed by atoms with van der Waals surface area (Å²) in [4.78, 5) is 0. The highest BCUT2D eigenvalue weighted by Crippen LogP contribution is 2.24. The van der Waals surface area contributed by atoms with E-state index in [1.165, 1.54) is 18.4 Å². The fourth-order valence-electron chi connectivity index (χ4n) is 2.73. The summed E-state index contributed by atoms with van der Waals surface area (Å²) in [7, 11) is 0. The molecule has 1 saturated heterocycles. The van der Waals surface area contributed by atoms with Crippen molar-refractivity contribution in [3.63, 3.8) is 0 Å². The van der Waals surface area contributed by atoms with Crippen LogP contribution >= 0.6 is 15.9 Å². The Morgan fingerprint density at radius 3 is 2.50 bits per heavy atom. The summed E-state index contributed by atoms with van der Waals surface area (Å²) < 4.78 is 1.10. The monoisotopic (exact) mass is 364 g/mol. The zero-order chi connectivity index (χ0) is 16.5. The molecule has 2 nitrogen and oxygen atoms in total. The lowest BCUT2D eigenvalue weighted by Gasteiger charge is -2.32. The summed E-state index contributed by atoms with van der Waals surface area (Å²) >= 11 is 3.47. The molecule has 2 rings (SSSR count). The third-order valence-corrected chi connectivity index (χ3v) is 4.48. The Bertz CT molecular complexity index is 491. The summed E-state index contributed by atoms with van der Waals surface area (Å²) in [5.41, 5.74) is 3.43. The van der Waals surface area contributed by atoms with E-state index in [0.717, 1.165) is 22.4 Å². The van der Waals surface area contributed by atoms with Crippen molar-refractivity contribution >= 4 is 21.6 Å². The van der Waals surface area contributed by atoms with Gasteiger partial charge in [-0.2, -0.15) is 0 Å². The smallest absolute Gasteiger partial charge is 0.0412 e. The first kappa shape index (κ1) is 19.0. The predicted molar refractivity (Wildman–Crippen MR) is 102 cm³/mol. The van der Waals surface area contributed by atoms with Gasteiger partial charge in [-0.05, 0) is 50.9 Å². The summed E-state index contributed by atoms with van der Waals surface area (Å²) in [6.45, 7) is 13.7. The second-order valence-corrected chi connectivity index (χ2v) is 6.27. The van der Waals surface area contributed by atoms with Crippen LogP contribution in [0.2, 0.25) is 0 Å². The van der Waals surface area contributed by atoms with E-state index in [1.54, 1.807) is 0 Å². The SMILES string of the molecule is C=C(N/C(=C\C)c1ccc(Br)cc1)C1CCCNC1C.CC. The maximum absolute atomic E-state index is 4.26. The van der Waals surface area contributed by atoms with E-state index in [1.807, 2.05) is 13.8 Å². The lowest BCUT2D eigenvalue weighted by atomic mass is 9.89. The van der Waals surface area contributed by atoms with E-state index in [0.29, 0.717) is 12.0 Å². The van der Waals surface area contributed by atoms with E-state index in [2.05, 4.69) is 77.3 Å². The highest BCUT2D eigenvalue weighted by atomic mass is 79.9. The summed E-state index contributed by atoms with van der Waals surface area (Å²) in [5, 5.41) is 7.04. The third-order valence-electron chi connectivity index (χ3n) is 3.95. The molecule has 1 heterocycles. The van der Waals surface area contributed by atoms with Crippen molar-refractivity contribution in [2.75, 3.05) is 6.54 Å². The Morgan fingerprint density at radius 2 is 1.95 bits per heavy atom. The molecule has 0 aliphatic carbocycles. The van der Waals surface area contributed by atoms with Crippen LogP contribution < -0.4 is 10.6 Å². The van der Waals surface area contributed by atoms with Gasteiger partial charge in [0.15, 0.2) is 0 Å². The molecule has 1 aromatic carbocycles. The minimum atomic E-state index is 0.492. The Labute approximate surface area is 144 Å². The van der Waals surface area contributed by atoms with Crippen molar-refractivity contribution < 1.29 is 0 Å². The molecule has 0 radical (unpaired) electrons. The molecular formula is C19H29BrN2. The number of piperidine rings is 1. The fourth-order valence-corrected chi connectivity index (χ4v) is 2.99. The maximum atomic E-state index is 4.26. The van der Waals surface area contributed by atoms with Gasteiger partial charge in [-0.3, -0.25) is 0 Å². The van der Waals surface area contributed by atoms with E-state index < -0.39 is 0 Å². The quantitative estimate of drug-likeness (QED) is 0.754. The number of rotatable bonds is 4. The Morgan fingerprint density at radius 1 is 1.32 bits per heavy atom. The predicted octanol–water partition coefficient (Wildman–Crippen LogP) is 5.33. The fraction of sp³-hybridized carbons (Fsp3) is 0.474. The van der Waals surface area contributed by atoms with Gasteiger partial charge in [0.25, 0.3) is 0 Å². The van der Waals surface area contributed by atoms with Crippen LogP contribution in [0.4, 0.5) is 0 Å². The first-order chi connectivity index (χ1) is 10.6. The lowest BCUT2D eigenvalue weighted by molar-refractivity contribution is 0.328. The standard InChI is InChI=1S/C17H23BrN2.C2H6/c1-4-17(14-7-9-15(18)10-8-14)20-13(3)16-6-5-11-19-12(16)2;1-2/h4,7-10,12,16,19-20H,3,5-6,11H2,1-2H3;1-2H3/b17-4-;. The van der Waals surface area contributed by atoms with E-state index >= 15 is 0 Å². The average Bonchev–Trinajstić information content (AvgIpc) is 2.55. The molecule has 2 atom stereocenters. The number of hydrogen-bond acceptors (Lipinski definition) is 2. The molecule has 1 fully saturated rings. The molecule has 2 unspecified atom stereocenters. The van der Waals surface area contributed by atoms with Gasteiger partial charge in [-0.25, -0.2) is 0 Å². The zero-order valence-corrected chi connectivity index (χ0v) is 15.8. The van der Waals surface area contributed by atoms with Crippen LogP contribution in [0.1, 0.15) is 46.1 Å². The Kier molecular flexibility index (Phi) is 8.51. The van der Waals surface area contributed by atoms with Crippen LogP contribution in [0.25, 0.3) is 5.70 Å². The molecule has 122 valence electrons. The summed E-state index contributed by atoms with van der Waals surface area (Å²) in [6, 6.07) is 8.85. The summed E-state index contributed by atoms with van der Waals surface area (Å²) in [5.74, 6) is 0.495. The molecule has 1 aliphatic heterocycles. The molecule has 2 N–H and O–H groups in total. The first-order valence-electron chi connectivity index (χ1n) is 8.23. The van der Waals surface area contributed by atoms with Crippen molar-refractivity contribution in [3.05, 3.63) is 52.7 Å². The van der Waals surface area contributed by atoms with E-state index in [9.17, 15) is 0 Å². The van der Waals surface area contributed by atoms with Gasteiger partial charge in [0.05, 0.1) is 0 Å². The van der Waals surface area contributed by atoms with Crippen molar-refractivity contribution in [1.29, 1.82) is 0 Å². The molecule has 0 saturated carbocycles. The van der Waals surface area contributed by atoms with Crippen LogP contribution in [-0.4, -0.2) is 12.6 Å².